The van der Waals surface area contributed by atoms with E-state index in [9.17, 15) is 18.8 Å². The van der Waals surface area contributed by atoms with Crippen LogP contribution in [0.3, 0.4) is 0 Å². The minimum atomic E-state index is -1.53. The summed E-state index contributed by atoms with van der Waals surface area (Å²) < 4.78 is 12.6. The van der Waals surface area contributed by atoms with Crippen molar-refractivity contribution in [2.24, 2.45) is 0 Å². The number of carboxylic acid groups (broad SMARTS) is 2. The molecule has 1 aromatic carbocycles. The lowest BCUT2D eigenvalue weighted by molar-refractivity contribution is -0.145. The topological polar surface area (TPSA) is 104 Å². The van der Waals surface area contributed by atoms with Crippen LogP contribution in [-0.4, -0.2) is 34.1 Å². The number of carboxylic acids is 2. The Bertz CT molecular complexity index is 471. The first-order chi connectivity index (χ1) is 8.40. The van der Waals surface area contributed by atoms with Crippen LogP contribution in [0.25, 0.3) is 0 Å². The molecule has 0 bridgehead atoms. The summed E-state index contributed by atoms with van der Waals surface area (Å²) in [5.41, 5.74) is 0.0491. The van der Waals surface area contributed by atoms with Crippen LogP contribution in [0.2, 0.25) is 0 Å². The molecule has 0 aliphatic carbocycles. The highest BCUT2D eigenvalue weighted by Crippen LogP contribution is 2.04. The predicted octanol–water partition coefficient (Wildman–Crippen LogP) is 0.483. The molecule has 96 valence electrons. The smallest absolute Gasteiger partial charge is 0.326 e. The number of rotatable bonds is 5. The lowest BCUT2D eigenvalue weighted by Gasteiger charge is -2.12. The van der Waals surface area contributed by atoms with Crippen LogP contribution in [0.5, 0.6) is 0 Å². The van der Waals surface area contributed by atoms with E-state index in [1.54, 1.807) is 0 Å². The molecule has 0 radical (unpaired) electrons. The van der Waals surface area contributed by atoms with Gasteiger partial charge in [0.2, 0.25) is 0 Å². The molecule has 0 fully saturated rings. The molecular formula is C11H10FNO5. The number of halogens is 1. The molecule has 0 aliphatic rings. The van der Waals surface area contributed by atoms with Crippen LogP contribution in [0.1, 0.15) is 16.8 Å². The zero-order chi connectivity index (χ0) is 13.7. The molecule has 1 aromatic rings. The van der Waals surface area contributed by atoms with Crippen molar-refractivity contribution in [1.82, 2.24) is 5.32 Å². The number of hydrogen-bond donors (Lipinski definition) is 3. The Hall–Kier alpha value is -2.44. The monoisotopic (exact) mass is 255 g/mol. The summed E-state index contributed by atoms with van der Waals surface area (Å²) in [5, 5.41) is 19.3. The summed E-state index contributed by atoms with van der Waals surface area (Å²) in [6, 6.07) is 2.90. The third kappa shape index (κ3) is 3.85. The zero-order valence-electron chi connectivity index (χ0n) is 9.09. The Balaban J connectivity index is 2.75. The molecule has 1 atom stereocenters. The molecule has 7 heteroatoms. The van der Waals surface area contributed by atoms with E-state index in [0.717, 1.165) is 12.1 Å². The Morgan fingerprint density at radius 2 is 1.72 bits per heavy atom. The van der Waals surface area contributed by atoms with Crippen molar-refractivity contribution in [2.45, 2.75) is 12.5 Å². The van der Waals surface area contributed by atoms with Gasteiger partial charge < -0.3 is 15.5 Å². The van der Waals surface area contributed by atoms with Crippen molar-refractivity contribution >= 4 is 17.8 Å². The van der Waals surface area contributed by atoms with Crippen molar-refractivity contribution in [1.29, 1.82) is 0 Å². The molecule has 0 saturated carbocycles. The van der Waals surface area contributed by atoms with Crippen LogP contribution in [0.4, 0.5) is 4.39 Å². The van der Waals surface area contributed by atoms with Crippen molar-refractivity contribution in [3.8, 4) is 0 Å². The molecule has 0 spiro atoms. The van der Waals surface area contributed by atoms with Gasteiger partial charge in [0.05, 0.1) is 6.42 Å². The van der Waals surface area contributed by atoms with Gasteiger partial charge in [-0.25, -0.2) is 9.18 Å². The van der Waals surface area contributed by atoms with Crippen molar-refractivity contribution in [3.63, 3.8) is 0 Å². The van der Waals surface area contributed by atoms with Crippen LogP contribution in [0, 0.1) is 5.82 Å². The summed E-state index contributed by atoms with van der Waals surface area (Å²) >= 11 is 0. The third-order valence-corrected chi connectivity index (χ3v) is 2.09. The highest BCUT2D eigenvalue weighted by atomic mass is 19.1. The summed E-state index contributed by atoms with van der Waals surface area (Å²) in [5.74, 6) is -4.11. The van der Waals surface area contributed by atoms with Crippen molar-refractivity contribution < 1.29 is 29.0 Å². The van der Waals surface area contributed by atoms with E-state index >= 15 is 0 Å². The first-order valence-corrected chi connectivity index (χ1v) is 4.91. The summed E-state index contributed by atoms with van der Waals surface area (Å²) in [4.78, 5) is 32.7. The van der Waals surface area contributed by atoms with E-state index < -0.39 is 36.1 Å². The van der Waals surface area contributed by atoms with Gasteiger partial charge >= 0.3 is 11.9 Å². The fourth-order valence-corrected chi connectivity index (χ4v) is 1.22. The van der Waals surface area contributed by atoms with Gasteiger partial charge in [-0.1, -0.05) is 0 Å². The SMILES string of the molecule is O=C(O)C[C@H](NC(=O)c1ccc(F)cc1)C(=O)O. The second kappa shape index (κ2) is 5.76. The van der Waals surface area contributed by atoms with Gasteiger partial charge in [0, 0.05) is 5.56 Å². The summed E-state index contributed by atoms with van der Waals surface area (Å²) in [7, 11) is 0. The number of carbonyl (C=O) groups is 3. The van der Waals surface area contributed by atoms with Gasteiger partial charge in [0.15, 0.2) is 0 Å². The highest BCUT2D eigenvalue weighted by Gasteiger charge is 2.23. The molecule has 0 saturated heterocycles. The molecule has 3 N–H and O–H groups in total. The quantitative estimate of drug-likeness (QED) is 0.710. The molecule has 1 rings (SSSR count). The van der Waals surface area contributed by atoms with Crippen molar-refractivity contribution in [3.05, 3.63) is 35.6 Å². The van der Waals surface area contributed by atoms with E-state index in [-0.39, 0.29) is 5.56 Å². The third-order valence-electron chi connectivity index (χ3n) is 2.09. The molecule has 0 aromatic heterocycles. The molecular weight excluding hydrogens is 245 g/mol. The largest absolute Gasteiger partial charge is 0.481 e. The van der Waals surface area contributed by atoms with Gasteiger partial charge in [-0.2, -0.15) is 0 Å². The van der Waals surface area contributed by atoms with Gasteiger partial charge in [0.1, 0.15) is 11.9 Å². The molecule has 18 heavy (non-hydrogen) atoms. The molecule has 0 unspecified atom stereocenters. The standard InChI is InChI=1S/C11H10FNO5/c12-7-3-1-6(2-4-7)10(16)13-8(11(17)18)5-9(14)15/h1-4,8H,5H2,(H,13,16)(H,14,15)(H,17,18)/t8-/m0/s1. The van der Waals surface area contributed by atoms with E-state index in [4.69, 9.17) is 10.2 Å². The maximum absolute atomic E-state index is 12.6. The maximum Gasteiger partial charge on any atom is 0.326 e. The van der Waals surface area contributed by atoms with E-state index in [1.807, 2.05) is 5.32 Å². The van der Waals surface area contributed by atoms with Crippen LogP contribution in [0.15, 0.2) is 24.3 Å². The molecule has 6 nitrogen and oxygen atoms in total. The highest BCUT2D eigenvalue weighted by molar-refractivity contribution is 5.97. The minimum absolute atomic E-state index is 0.0491. The molecule has 1 amide bonds. The number of benzene rings is 1. The predicted molar refractivity (Wildman–Crippen MR) is 57.5 cm³/mol. The normalized spacial score (nSPS) is 11.6. The van der Waals surface area contributed by atoms with Gasteiger partial charge in [-0.3, -0.25) is 9.59 Å². The Kier molecular flexibility index (Phi) is 4.36. The Morgan fingerprint density at radius 1 is 1.17 bits per heavy atom. The minimum Gasteiger partial charge on any atom is -0.481 e. The molecule has 0 aliphatic heterocycles. The fraction of sp³-hybridized carbons (Fsp3) is 0.182. The molecule has 0 heterocycles. The first kappa shape index (κ1) is 13.6. The Morgan fingerprint density at radius 3 is 2.17 bits per heavy atom. The maximum atomic E-state index is 12.6. The van der Waals surface area contributed by atoms with Gasteiger partial charge in [-0.15, -0.1) is 0 Å². The fourth-order valence-electron chi connectivity index (χ4n) is 1.22. The van der Waals surface area contributed by atoms with Gasteiger partial charge in [0.25, 0.3) is 5.91 Å². The number of carbonyl (C=O) groups excluding carboxylic acids is 1. The average Bonchev–Trinajstić information content (AvgIpc) is 2.28. The number of nitrogens with one attached hydrogen (secondary N) is 1. The van der Waals surface area contributed by atoms with Crippen LogP contribution < -0.4 is 5.32 Å². The average molecular weight is 255 g/mol. The van der Waals surface area contributed by atoms with Crippen LogP contribution in [-0.2, 0) is 9.59 Å². The number of hydrogen-bond acceptors (Lipinski definition) is 3. The Labute approximate surface area is 101 Å². The van der Waals surface area contributed by atoms with Crippen molar-refractivity contribution in [2.75, 3.05) is 0 Å². The van der Waals surface area contributed by atoms with E-state index in [1.165, 1.54) is 12.1 Å². The summed E-state index contributed by atoms with van der Waals surface area (Å²) in [6.45, 7) is 0. The summed E-state index contributed by atoms with van der Waals surface area (Å²) in [6.07, 6.45) is -0.734. The van der Waals surface area contributed by atoms with Crippen LogP contribution >= 0.6 is 0 Å². The second-order valence-electron chi connectivity index (χ2n) is 3.47. The first-order valence-electron chi connectivity index (χ1n) is 4.91. The zero-order valence-corrected chi connectivity index (χ0v) is 9.09. The lowest BCUT2D eigenvalue weighted by atomic mass is 10.1. The lowest BCUT2D eigenvalue weighted by Crippen LogP contribution is -2.42. The number of amides is 1. The van der Waals surface area contributed by atoms with E-state index in [0.29, 0.717) is 0 Å². The number of aliphatic carboxylic acids is 2. The second-order valence-corrected chi connectivity index (χ2v) is 3.47. The van der Waals surface area contributed by atoms with E-state index in [2.05, 4.69) is 0 Å². The van der Waals surface area contributed by atoms with Gasteiger partial charge in [-0.05, 0) is 24.3 Å².